The highest BCUT2D eigenvalue weighted by Gasteiger charge is 2.03. The summed E-state index contributed by atoms with van der Waals surface area (Å²) in [6.07, 6.45) is 3.55. The van der Waals surface area contributed by atoms with Gasteiger partial charge in [-0.25, -0.2) is 9.50 Å². The van der Waals surface area contributed by atoms with E-state index in [-0.39, 0.29) is 0 Å². The zero-order chi connectivity index (χ0) is 7.84. The van der Waals surface area contributed by atoms with Crippen molar-refractivity contribution in [3.05, 3.63) is 24.0 Å². The van der Waals surface area contributed by atoms with Crippen LogP contribution in [0.1, 0.15) is 5.56 Å². The van der Waals surface area contributed by atoms with Crippen LogP contribution in [0.25, 0.3) is 5.65 Å². The van der Waals surface area contributed by atoms with Crippen LogP contribution in [0.4, 0.5) is 5.82 Å². The lowest BCUT2D eigenvalue weighted by Gasteiger charge is -1.88. The summed E-state index contributed by atoms with van der Waals surface area (Å²) in [6.45, 7) is 1.91. The topological polar surface area (TPSA) is 56.2 Å². The smallest absolute Gasteiger partial charge is 0.160 e. The maximum atomic E-state index is 5.58. The van der Waals surface area contributed by atoms with E-state index in [1.807, 2.05) is 19.2 Å². The molecule has 0 saturated carbocycles. The van der Waals surface area contributed by atoms with Crippen molar-refractivity contribution in [2.45, 2.75) is 6.92 Å². The van der Waals surface area contributed by atoms with Crippen LogP contribution in [0, 0.1) is 6.92 Å². The number of hydrogen-bond donors (Lipinski definition) is 1. The molecule has 0 atom stereocenters. The number of rotatable bonds is 0. The Balaban J connectivity index is 2.92. The maximum Gasteiger partial charge on any atom is 0.160 e. The molecule has 2 rings (SSSR count). The van der Waals surface area contributed by atoms with Crippen LogP contribution in [0.15, 0.2) is 18.5 Å². The molecule has 11 heavy (non-hydrogen) atoms. The second-order valence-corrected chi connectivity index (χ2v) is 2.40. The molecule has 0 aliphatic heterocycles. The Morgan fingerprint density at radius 2 is 2.36 bits per heavy atom. The highest BCUT2D eigenvalue weighted by molar-refractivity contribution is 5.57. The van der Waals surface area contributed by atoms with Gasteiger partial charge >= 0.3 is 0 Å². The highest BCUT2D eigenvalue weighted by Crippen LogP contribution is 2.12. The van der Waals surface area contributed by atoms with Gasteiger partial charge in [-0.3, -0.25) is 0 Å². The van der Waals surface area contributed by atoms with Crippen molar-refractivity contribution in [3.63, 3.8) is 0 Å². The second kappa shape index (κ2) is 1.95. The third kappa shape index (κ3) is 0.756. The fourth-order valence-electron chi connectivity index (χ4n) is 1.02. The second-order valence-electron chi connectivity index (χ2n) is 2.40. The molecule has 4 heteroatoms. The van der Waals surface area contributed by atoms with Gasteiger partial charge in [0.15, 0.2) is 11.5 Å². The fourth-order valence-corrected chi connectivity index (χ4v) is 1.02. The first-order valence-electron chi connectivity index (χ1n) is 3.34. The van der Waals surface area contributed by atoms with Crippen molar-refractivity contribution in [3.8, 4) is 0 Å². The van der Waals surface area contributed by atoms with E-state index >= 15 is 0 Å². The molecule has 0 aliphatic rings. The van der Waals surface area contributed by atoms with Crippen LogP contribution in [-0.2, 0) is 0 Å². The third-order valence-electron chi connectivity index (χ3n) is 1.66. The molecule has 0 spiro atoms. The summed E-state index contributed by atoms with van der Waals surface area (Å²) in [5.74, 6) is 0.545. The van der Waals surface area contributed by atoms with Crippen molar-refractivity contribution in [2.24, 2.45) is 0 Å². The predicted molar refractivity (Wildman–Crippen MR) is 42.1 cm³/mol. The number of nitrogens with zero attached hydrogens (tertiary/aromatic N) is 3. The molecule has 0 aromatic carbocycles. The molecular weight excluding hydrogens is 140 g/mol. The Kier molecular flexibility index (Phi) is 1.09. The van der Waals surface area contributed by atoms with E-state index in [2.05, 4.69) is 10.1 Å². The fraction of sp³-hybridized carbons (Fsp3) is 0.143. The van der Waals surface area contributed by atoms with E-state index in [4.69, 9.17) is 5.73 Å². The number of aromatic nitrogens is 3. The normalized spacial score (nSPS) is 10.6. The van der Waals surface area contributed by atoms with E-state index in [9.17, 15) is 0 Å². The van der Waals surface area contributed by atoms with Crippen LogP contribution in [0.2, 0.25) is 0 Å². The zero-order valence-electron chi connectivity index (χ0n) is 6.15. The van der Waals surface area contributed by atoms with Gasteiger partial charge < -0.3 is 5.73 Å². The lowest BCUT2D eigenvalue weighted by atomic mass is 10.3. The molecule has 2 heterocycles. The van der Waals surface area contributed by atoms with E-state index in [1.165, 1.54) is 0 Å². The first kappa shape index (κ1) is 6.15. The summed E-state index contributed by atoms with van der Waals surface area (Å²) >= 11 is 0. The van der Waals surface area contributed by atoms with Crippen LogP contribution < -0.4 is 5.73 Å². The lowest BCUT2D eigenvalue weighted by Crippen LogP contribution is -1.88. The predicted octanol–water partition coefficient (Wildman–Crippen LogP) is 0.620. The van der Waals surface area contributed by atoms with Crippen molar-refractivity contribution >= 4 is 11.5 Å². The van der Waals surface area contributed by atoms with Gasteiger partial charge in [0.25, 0.3) is 0 Å². The molecule has 0 aliphatic carbocycles. The standard InChI is InChI=1S/C7H8N4/c1-5-6(8)10-11-4-2-3-9-7(5)11/h2-4H,1H3,(H2,8,10). The number of aryl methyl sites for hydroxylation is 1. The first-order valence-corrected chi connectivity index (χ1v) is 3.34. The summed E-state index contributed by atoms with van der Waals surface area (Å²) in [7, 11) is 0. The van der Waals surface area contributed by atoms with Crippen molar-refractivity contribution < 1.29 is 0 Å². The van der Waals surface area contributed by atoms with Gasteiger partial charge in [-0.15, -0.1) is 5.10 Å². The summed E-state index contributed by atoms with van der Waals surface area (Å²) in [6, 6.07) is 1.82. The van der Waals surface area contributed by atoms with Crippen molar-refractivity contribution in [1.82, 2.24) is 14.6 Å². The van der Waals surface area contributed by atoms with Gasteiger partial charge in [0.2, 0.25) is 0 Å². The van der Waals surface area contributed by atoms with E-state index in [0.717, 1.165) is 11.2 Å². The number of nitrogens with two attached hydrogens (primary N) is 1. The molecule has 2 N–H and O–H groups in total. The van der Waals surface area contributed by atoms with Crippen LogP contribution in [0.5, 0.6) is 0 Å². The molecule has 0 saturated heterocycles. The molecule has 0 fully saturated rings. The van der Waals surface area contributed by atoms with E-state index in [1.54, 1.807) is 10.7 Å². The number of nitrogen functional groups attached to an aromatic ring is 1. The number of hydrogen-bond acceptors (Lipinski definition) is 3. The average molecular weight is 148 g/mol. The van der Waals surface area contributed by atoms with Gasteiger partial charge in [0.05, 0.1) is 0 Å². The average Bonchev–Trinajstić information content (AvgIpc) is 2.30. The molecule has 0 unspecified atom stereocenters. The number of anilines is 1. The van der Waals surface area contributed by atoms with Crippen LogP contribution in [0.3, 0.4) is 0 Å². The minimum Gasteiger partial charge on any atom is -0.382 e. The molecule has 2 aromatic rings. The SMILES string of the molecule is Cc1c(N)nn2cccnc12. The Hall–Kier alpha value is -1.58. The minimum atomic E-state index is 0.545. The van der Waals surface area contributed by atoms with Gasteiger partial charge in [0, 0.05) is 18.0 Å². The van der Waals surface area contributed by atoms with Crippen LogP contribution in [-0.4, -0.2) is 14.6 Å². The monoisotopic (exact) mass is 148 g/mol. The maximum absolute atomic E-state index is 5.58. The lowest BCUT2D eigenvalue weighted by molar-refractivity contribution is 0.945. The Morgan fingerprint density at radius 1 is 1.55 bits per heavy atom. The van der Waals surface area contributed by atoms with Crippen molar-refractivity contribution in [2.75, 3.05) is 5.73 Å². The summed E-state index contributed by atoms with van der Waals surface area (Å²) < 4.78 is 1.67. The van der Waals surface area contributed by atoms with E-state index in [0.29, 0.717) is 5.82 Å². The first-order chi connectivity index (χ1) is 5.29. The van der Waals surface area contributed by atoms with Gasteiger partial charge in [-0.05, 0) is 13.0 Å². The number of fused-ring (bicyclic) bond motifs is 1. The third-order valence-corrected chi connectivity index (χ3v) is 1.66. The Labute approximate surface area is 63.7 Å². The minimum absolute atomic E-state index is 0.545. The Morgan fingerprint density at radius 3 is 3.09 bits per heavy atom. The van der Waals surface area contributed by atoms with Crippen molar-refractivity contribution in [1.29, 1.82) is 0 Å². The summed E-state index contributed by atoms with van der Waals surface area (Å²) in [5.41, 5.74) is 7.34. The van der Waals surface area contributed by atoms with Gasteiger partial charge in [-0.1, -0.05) is 0 Å². The largest absolute Gasteiger partial charge is 0.382 e. The van der Waals surface area contributed by atoms with Gasteiger partial charge in [0.1, 0.15) is 0 Å². The van der Waals surface area contributed by atoms with Gasteiger partial charge in [-0.2, -0.15) is 0 Å². The summed E-state index contributed by atoms with van der Waals surface area (Å²) in [4.78, 5) is 4.12. The Bertz CT molecular complexity index is 390. The molecule has 56 valence electrons. The summed E-state index contributed by atoms with van der Waals surface area (Å²) in [5, 5.41) is 4.04. The molecule has 0 radical (unpaired) electrons. The highest BCUT2D eigenvalue weighted by atomic mass is 15.3. The van der Waals surface area contributed by atoms with Crippen LogP contribution >= 0.6 is 0 Å². The quantitative estimate of drug-likeness (QED) is 0.595. The molecule has 4 nitrogen and oxygen atoms in total. The van der Waals surface area contributed by atoms with E-state index < -0.39 is 0 Å². The zero-order valence-corrected chi connectivity index (χ0v) is 6.15. The molecule has 0 amide bonds. The molecule has 0 bridgehead atoms. The molecular formula is C7H8N4. The molecule has 2 aromatic heterocycles.